The van der Waals surface area contributed by atoms with Gasteiger partial charge in [0.1, 0.15) is 0 Å². The van der Waals surface area contributed by atoms with Crippen molar-refractivity contribution < 1.29 is 5.11 Å². The number of hydrogen-bond acceptors (Lipinski definition) is 3. The molecule has 1 aromatic carbocycles. The summed E-state index contributed by atoms with van der Waals surface area (Å²) < 4.78 is 0. The Morgan fingerprint density at radius 1 is 1.20 bits per heavy atom. The summed E-state index contributed by atoms with van der Waals surface area (Å²) in [4.78, 5) is 6.54. The maximum Gasteiger partial charge on any atom is 0.0558 e. The van der Waals surface area contributed by atoms with Crippen LogP contribution < -0.4 is 0 Å². The van der Waals surface area contributed by atoms with Crippen molar-refractivity contribution >= 4 is 0 Å². The maximum absolute atomic E-state index is 9.37. The molecule has 104 valence electrons. The average molecular weight is 268 g/mol. The minimum Gasteiger partial charge on any atom is -0.395 e. The van der Waals surface area contributed by atoms with Crippen LogP contribution in [0.1, 0.15) is 29.2 Å². The zero-order valence-corrected chi connectivity index (χ0v) is 11.6. The van der Waals surface area contributed by atoms with E-state index in [1.54, 1.807) is 6.20 Å². The molecule has 1 aliphatic carbocycles. The van der Waals surface area contributed by atoms with Gasteiger partial charge in [-0.1, -0.05) is 30.3 Å². The van der Waals surface area contributed by atoms with Crippen molar-refractivity contribution in [1.29, 1.82) is 0 Å². The van der Waals surface area contributed by atoms with E-state index in [-0.39, 0.29) is 6.61 Å². The van der Waals surface area contributed by atoms with E-state index in [0.29, 0.717) is 12.6 Å². The van der Waals surface area contributed by atoms with E-state index in [1.807, 2.05) is 12.3 Å². The van der Waals surface area contributed by atoms with Gasteiger partial charge in [-0.05, 0) is 35.6 Å². The molecule has 0 spiro atoms. The minimum absolute atomic E-state index is 0.193. The van der Waals surface area contributed by atoms with Gasteiger partial charge in [-0.3, -0.25) is 9.88 Å². The van der Waals surface area contributed by atoms with Gasteiger partial charge in [0.05, 0.1) is 6.61 Å². The van der Waals surface area contributed by atoms with Gasteiger partial charge < -0.3 is 5.11 Å². The van der Waals surface area contributed by atoms with Crippen molar-refractivity contribution in [3.8, 4) is 0 Å². The third kappa shape index (κ3) is 2.74. The SMILES string of the molecule is OCCN(Cc1cccnc1)[C@H]1CCc2ccccc21. The predicted molar refractivity (Wildman–Crippen MR) is 79.2 cm³/mol. The van der Waals surface area contributed by atoms with Gasteiger partial charge in [-0.15, -0.1) is 0 Å². The van der Waals surface area contributed by atoms with Crippen LogP contribution in [0.5, 0.6) is 0 Å². The van der Waals surface area contributed by atoms with Crippen LogP contribution in [0, 0.1) is 0 Å². The van der Waals surface area contributed by atoms with Crippen molar-refractivity contribution in [2.75, 3.05) is 13.2 Å². The largest absolute Gasteiger partial charge is 0.395 e. The second kappa shape index (κ2) is 6.16. The van der Waals surface area contributed by atoms with Gasteiger partial charge in [0.15, 0.2) is 0 Å². The summed E-state index contributed by atoms with van der Waals surface area (Å²) in [5.41, 5.74) is 4.07. The van der Waals surface area contributed by atoms with Gasteiger partial charge in [0.25, 0.3) is 0 Å². The number of benzene rings is 1. The molecular formula is C17H20N2O. The molecule has 20 heavy (non-hydrogen) atoms. The molecule has 0 unspecified atom stereocenters. The summed E-state index contributed by atoms with van der Waals surface area (Å²) in [7, 11) is 0. The van der Waals surface area contributed by atoms with Crippen LogP contribution in [-0.4, -0.2) is 28.1 Å². The molecular weight excluding hydrogens is 248 g/mol. The lowest BCUT2D eigenvalue weighted by Crippen LogP contribution is -2.30. The average Bonchev–Trinajstić information content (AvgIpc) is 2.92. The Hall–Kier alpha value is -1.71. The second-order valence-electron chi connectivity index (χ2n) is 5.31. The van der Waals surface area contributed by atoms with Gasteiger partial charge >= 0.3 is 0 Å². The van der Waals surface area contributed by atoms with Crippen LogP contribution in [0.4, 0.5) is 0 Å². The first-order chi connectivity index (χ1) is 9.88. The number of hydrogen-bond donors (Lipinski definition) is 1. The summed E-state index contributed by atoms with van der Waals surface area (Å²) in [6.07, 6.45) is 5.98. The second-order valence-corrected chi connectivity index (χ2v) is 5.31. The molecule has 1 aliphatic rings. The monoisotopic (exact) mass is 268 g/mol. The van der Waals surface area contributed by atoms with Gasteiger partial charge in [0, 0.05) is 31.5 Å². The van der Waals surface area contributed by atoms with Crippen molar-refractivity contribution in [3.05, 3.63) is 65.5 Å². The number of pyridine rings is 1. The van der Waals surface area contributed by atoms with Crippen molar-refractivity contribution in [2.24, 2.45) is 0 Å². The molecule has 1 aromatic heterocycles. The van der Waals surface area contributed by atoms with Gasteiger partial charge in [0.2, 0.25) is 0 Å². The van der Waals surface area contributed by atoms with Crippen LogP contribution in [0.15, 0.2) is 48.8 Å². The first-order valence-corrected chi connectivity index (χ1v) is 7.20. The number of aliphatic hydroxyl groups is 1. The Balaban J connectivity index is 1.81. The fourth-order valence-electron chi connectivity index (χ4n) is 3.11. The lowest BCUT2D eigenvalue weighted by molar-refractivity contribution is 0.142. The standard InChI is InChI=1S/C17H20N2O/c20-11-10-19(13-14-4-3-9-18-12-14)17-8-7-15-5-1-2-6-16(15)17/h1-6,9,12,17,20H,7-8,10-11,13H2/t17-/m0/s1. The predicted octanol–water partition coefficient (Wildman–Crippen LogP) is 2.56. The Labute approximate surface area is 119 Å². The lowest BCUT2D eigenvalue weighted by atomic mass is 10.1. The highest BCUT2D eigenvalue weighted by atomic mass is 16.3. The van der Waals surface area contributed by atoms with Crippen LogP contribution in [0.25, 0.3) is 0 Å². The molecule has 0 bridgehead atoms. The smallest absolute Gasteiger partial charge is 0.0558 e. The first-order valence-electron chi connectivity index (χ1n) is 7.20. The Morgan fingerprint density at radius 3 is 2.90 bits per heavy atom. The molecule has 1 atom stereocenters. The van der Waals surface area contributed by atoms with E-state index >= 15 is 0 Å². The molecule has 1 heterocycles. The van der Waals surface area contributed by atoms with Crippen molar-refractivity contribution in [2.45, 2.75) is 25.4 Å². The highest BCUT2D eigenvalue weighted by molar-refractivity contribution is 5.34. The van der Waals surface area contributed by atoms with E-state index in [4.69, 9.17) is 0 Å². The molecule has 3 rings (SSSR count). The Bertz CT molecular complexity index is 556. The number of aryl methyl sites for hydroxylation is 1. The third-order valence-electron chi connectivity index (χ3n) is 4.04. The molecule has 2 aromatic rings. The number of nitrogens with zero attached hydrogens (tertiary/aromatic N) is 2. The maximum atomic E-state index is 9.37. The highest BCUT2D eigenvalue weighted by Gasteiger charge is 2.27. The van der Waals surface area contributed by atoms with E-state index in [0.717, 1.165) is 19.4 Å². The van der Waals surface area contributed by atoms with Gasteiger partial charge in [-0.25, -0.2) is 0 Å². The zero-order valence-electron chi connectivity index (χ0n) is 11.6. The summed E-state index contributed by atoms with van der Waals surface area (Å²) in [6.45, 7) is 1.74. The molecule has 1 N–H and O–H groups in total. The Kier molecular flexibility index (Phi) is 4.09. The van der Waals surface area contributed by atoms with Crippen molar-refractivity contribution in [3.63, 3.8) is 0 Å². The number of rotatable bonds is 5. The van der Waals surface area contributed by atoms with Crippen LogP contribution in [0.2, 0.25) is 0 Å². The van der Waals surface area contributed by atoms with Crippen LogP contribution in [0.3, 0.4) is 0 Å². The summed E-state index contributed by atoms with van der Waals surface area (Å²) in [6, 6.07) is 13.1. The first kappa shape index (κ1) is 13.3. The normalized spacial score (nSPS) is 17.4. The van der Waals surface area contributed by atoms with E-state index in [2.05, 4.69) is 40.2 Å². The van der Waals surface area contributed by atoms with Crippen LogP contribution >= 0.6 is 0 Å². The minimum atomic E-state index is 0.193. The molecule has 0 amide bonds. The van der Waals surface area contributed by atoms with Gasteiger partial charge in [-0.2, -0.15) is 0 Å². The van der Waals surface area contributed by atoms with Crippen LogP contribution in [-0.2, 0) is 13.0 Å². The summed E-state index contributed by atoms with van der Waals surface area (Å²) in [5, 5.41) is 9.37. The summed E-state index contributed by atoms with van der Waals surface area (Å²) >= 11 is 0. The molecule has 3 heteroatoms. The molecule has 0 saturated carbocycles. The molecule has 3 nitrogen and oxygen atoms in total. The lowest BCUT2D eigenvalue weighted by Gasteiger charge is -2.29. The van der Waals surface area contributed by atoms with E-state index < -0.39 is 0 Å². The molecule has 0 fully saturated rings. The number of aromatic nitrogens is 1. The molecule has 0 radical (unpaired) electrons. The highest BCUT2D eigenvalue weighted by Crippen LogP contribution is 2.36. The number of aliphatic hydroxyl groups excluding tert-OH is 1. The quantitative estimate of drug-likeness (QED) is 0.905. The van der Waals surface area contributed by atoms with Crippen molar-refractivity contribution in [1.82, 2.24) is 9.88 Å². The molecule has 0 aliphatic heterocycles. The fraction of sp³-hybridized carbons (Fsp3) is 0.353. The fourth-order valence-corrected chi connectivity index (χ4v) is 3.11. The molecule has 0 saturated heterocycles. The Morgan fingerprint density at radius 2 is 2.10 bits per heavy atom. The summed E-state index contributed by atoms with van der Waals surface area (Å²) in [5.74, 6) is 0. The topological polar surface area (TPSA) is 36.4 Å². The number of fused-ring (bicyclic) bond motifs is 1. The third-order valence-corrected chi connectivity index (χ3v) is 4.04. The van der Waals surface area contributed by atoms with E-state index in [1.165, 1.54) is 16.7 Å². The zero-order chi connectivity index (χ0) is 13.8. The van der Waals surface area contributed by atoms with E-state index in [9.17, 15) is 5.11 Å².